The Bertz CT molecular complexity index is 329. The van der Waals surface area contributed by atoms with Gasteiger partial charge in [-0.15, -0.1) is 0 Å². The van der Waals surface area contributed by atoms with E-state index in [1.165, 1.54) is 7.11 Å². The zero-order valence-corrected chi connectivity index (χ0v) is 12.2. The first-order valence-corrected chi connectivity index (χ1v) is 5.83. The molecule has 0 atom stereocenters. The molecule has 0 radical (unpaired) electrons. The predicted molar refractivity (Wildman–Crippen MR) is 53.9 cm³/mol. The largest absolute Gasteiger partial charge is 1.00 e. The first kappa shape index (κ1) is 18.3. The SMILES string of the molecule is C=C(OC)C(=O)OCCCCS(=O)(=O)O.[H-].[Na+]. The average Bonchev–Trinajstić information content (AvgIpc) is 2.14. The van der Waals surface area contributed by atoms with Gasteiger partial charge in [0.15, 0.2) is 5.76 Å². The summed E-state index contributed by atoms with van der Waals surface area (Å²) < 4.78 is 38.2. The Hall–Kier alpha value is -0.0800. The van der Waals surface area contributed by atoms with Gasteiger partial charge in [-0.3, -0.25) is 4.55 Å². The van der Waals surface area contributed by atoms with Crippen LogP contribution >= 0.6 is 0 Å². The van der Waals surface area contributed by atoms with Gasteiger partial charge in [-0.1, -0.05) is 0 Å². The van der Waals surface area contributed by atoms with Crippen molar-refractivity contribution in [2.24, 2.45) is 0 Å². The van der Waals surface area contributed by atoms with Crippen LogP contribution in [0.4, 0.5) is 0 Å². The van der Waals surface area contributed by atoms with E-state index in [1.807, 2.05) is 0 Å². The van der Waals surface area contributed by atoms with Crippen LogP contribution in [0.5, 0.6) is 0 Å². The summed E-state index contributed by atoms with van der Waals surface area (Å²) >= 11 is 0. The molecule has 0 aromatic heterocycles. The Balaban J connectivity index is -0.000000980. The zero-order chi connectivity index (χ0) is 11.9. The van der Waals surface area contributed by atoms with Gasteiger partial charge >= 0.3 is 35.5 Å². The Kier molecular flexibility index (Phi) is 10.3. The Morgan fingerprint density at radius 2 is 2.00 bits per heavy atom. The fraction of sp³-hybridized carbons (Fsp3) is 0.625. The second-order valence-corrected chi connectivity index (χ2v) is 4.33. The molecule has 0 saturated heterocycles. The monoisotopic (exact) mass is 262 g/mol. The van der Waals surface area contributed by atoms with Crippen molar-refractivity contribution in [1.82, 2.24) is 0 Å². The van der Waals surface area contributed by atoms with E-state index >= 15 is 0 Å². The smallest absolute Gasteiger partial charge is 1.00 e. The molecule has 0 aliphatic heterocycles. The zero-order valence-electron chi connectivity index (χ0n) is 10.4. The number of carbonyl (C=O) groups is 1. The third-order valence-electron chi connectivity index (χ3n) is 1.50. The molecule has 8 heteroatoms. The molecule has 16 heavy (non-hydrogen) atoms. The van der Waals surface area contributed by atoms with E-state index in [0.717, 1.165) is 0 Å². The summed E-state index contributed by atoms with van der Waals surface area (Å²) in [6.45, 7) is 3.34. The molecule has 0 amide bonds. The van der Waals surface area contributed by atoms with Crippen molar-refractivity contribution in [3.05, 3.63) is 12.3 Å². The van der Waals surface area contributed by atoms with Crippen LogP contribution in [0, 0.1) is 0 Å². The standard InChI is InChI=1S/C8H14O6S.Na.H/c1-7(13-2)8(9)14-5-3-4-6-15(10,11)12;;/h1,3-6H2,2H3,(H,10,11,12);;/q;+1;-1. The maximum atomic E-state index is 10.9. The number of hydrogen-bond donors (Lipinski definition) is 1. The van der Waals surface area contributed by atoms with Crippen LogP contribution in [0.25, 0.3) is 0 Å². The number of unbranched alkanes of at least 4 members (excludes halogenated alkanes) is 1. The molecule has 0 unspecified atom stereocenters. The van der Waals surface area contributed by atoms with Crippen LogP contribution in [-0.2, 0) is 24.4 Å². The van der Waals surface area contributed by atoms with E-state index < -0.39 is 16.1 Å². The van der Waals surface area contributed by atoms with Gasteiger partial charge in [-0.25, -0.2) is 4.79 Å². The van der Waals surface area contributed by atoms with Crippen LogP contribution < -0.4 is 29.6 Å². The maximum absolute atomic E-state index is 10.9. The Morgan fingerprint density at radius 3 is 2.44 bits per heavy atom. The number of esters is 1. The average molecular weight is 262 g/mol. The number of hydrogen-bond acceptors (Lipinski definition) is 5. The van der Waals surface area contributed by atoms with E-state index in [9.17, 15) is 13.2 Å². The molecule has 0 rings (SSSR count). The number of methoxy groups -OCH3 is 1. The van der Waals surface area contributed by atoms with Gasteiger partial charge in [0.2, 0.25) is 0 Å². The van der Waals surface area contributed by atoms with Gasteiger partial charge in [-0.05, 0) is 19.4 Å². The number of carbonyl (C=O) groups excluding carboxylic acids is 1. The van der Waals surface area contributed by atoms with E-state index in [4.69, 9.17) is 4.55 Å². The van der Waals surface area contributed by atoms with E-state index in [2.05, 4.69) is 16.1 Å². The molecule has 0 saturated carbocycles. The minimum absolute atomic E-state index is 0. The Morgan fingerprint density at radius 1 is 1.44 bits per heavy atom. The molecular weight excluding hydrogens is 247 g/mol. The molecule has 0 aliphatic rings. The molecule has 6 nitrogen and oxygen atoms in total. The molecular formula is C8H15NaO6S. The van der Waals surface area contributed by atoms with Crippen molar-refractivity contribution in [3.63, 3.8) is 0 Å². The molecule has 0 heterocycles. The van der Waals surface area contributed by atoms with Crippen LogP contribution in [0.3, 0.4) is 0 Å². The summed E-state index contributed by atoms with van der Waals surface area (Å²) in [4.78, 5) is 10.9. The second kappa shape index (κ2) is 9.00. The normalized spacial score (nSPS) is 10.1. The molecule has 90 valence electrons. The van der Waals surface area contributed by atoms with Crippen LogP contribution in [0.2, 0.25) is 0 Å². The topological polar surface area (TPSA) is 89.9 Å². The van der Waals surface area contributed by atoms with Gasteiger partial charge in [0.05, 0.1) is 19.5 Å². The van der Waals surface area contributed by atoms with Gasteiger partial charge in [-0.2, -0.15) is 8.42 Å². The molecule has 0 fully saturated rings. The second-order valence-electron chi connectivity index (χ2n) is 2.76. The number of rotatable bonds is 7. The summed E-state index contributed by atoms with van der Waals surface area (Å²) in [6.07, 6.45) is 0.577. The summed E-state index contributed by atoms with van der Waals surface area (Å²) in [5, 5.41) is 0. The molecule has 0 spiro atoms. The molecule has 0 aliphatic carbocycles. The van der Waals surface area contributed by atoms with E-state index in [1.54, 1.807) is 0 Å². The van der Waals surface area contributed by atoms with Crippen molar-refractivity contribution in [2.75, 3.05) is 19.5 Å². The van der Waals surface area contributed by atoms with Crippen molar-refractivity contribution in [3.8, 4) is 0 Å². The Labute approximate surface area is 119 Å². The molecule has 0 aromatic carbocycles. The molecule has 0 aromatic rings. The van der Waals surface area contributed by atoms with Crippen molar-refractivity contribution >= 4 is 16.1 Å². The van der Waals surface area contributed by atoms with Crippen LogP contribution in [0.1, 0.15) is 14.3 Å². The molecule has 1 N–H and O–H groups in total. The maximum Gasteiger partial charge on any atom is 1.00 e. The summed E-state index contributed by atoms with van der Waals surface area (Å²) in [5.41, 5.74) is 0. The quantitative estimate of drug-likeness (QED) is 0.136. The fourth-order valence-electron chi connectivity index (χ4n) is 0.715. The van der Waals surface area contributed by atoms with Gasteiger partial charge in [0.25, 0.3) is 10.1 Å². The summed E-state index contributed by atoms with van der Waals surface area (Å²) in [7, 11) is -2.63. The van der Waals surface area contributed by atoms with Gasteiger partial charge in [0, 0.05) is 0 Å². The third kappa shape index (κ3) is 10.4. The predicted octanol–water partition coefficient (Wildman–Crippen LogP) is -2.53. The minimum atomic E-state index is -3.93. The first-order valence-electron chi connectivity index (χ1n) is 4.22. The van der Waals surface area contributed by atoms with E-state index in [-0.39, 0.29) is 55.5 Å². The van der Waals surface area contributed by atoms with Gasteiger partial charge < -0.3 is 10.9 Å². The summed E-state index contributed by atoms with van der Waals surface area (Å²) in [5.74, 6) is -1.12. The molecule has 0 bridgehead atoms. The van der Waals surface area contributed by atoms with Crippen molar-refractivity contribution in [2.45, 2.75) is 12.8 Å². The third-order valence-corrected chi connectivity index (χ3v) is 2.31. The fourth-order valence-corrected chi connectivity index (χ4v) is 1.28. The first-order chi connectivity index (χ1) is 6.87. The summed E-state index contributed by atoms with van der Waals surface area (Å²) in [6, 6.07) is 0. The number of ether oxygens (including phenoxy) is 2. The van der Waals surface area contributed by atoms with Crippen LogP contribution in [-0.4, -0.2) is 38.4 Å². The van der Waals surface area contributed by atoms with Gasteiger partial charge in [0.1, 0.15) is 0 Å². The minimum Gasteiger partial charge on any atom is -1.00 e. The van der Waals surface area contributed by atoms with Crippen molar-refractivity contribution < 1.29 is 58.2 Å². The van der Waals surface area contributed by atoms with Crippen LogP contribution in [0.15, 0.2) is 12.3 Å². The van der Waals surface area contributed by atoms with Crippen molar-refractivity contribution in [1.29, 1.82) is 0 Å². The van der Waals surface area contributed by atoms with E-state index in [0.29, 0.717) is 6.42 Å².